The zero-order valence-electron chi connectivity index (χ0n) is 36.1. The Morgan fingerprint density at radius 3 is 1.55 bits per heavy atom. The first-order valence-corrected chi connectivity index (χ1v) is 23.7. The number of hydrogen-bond donors (Lipinski definition) is 0. The zero-order valence-corrected chi connectivity index (χ0v) is 37.0. The van der Waals surface area contributed by atoms with E-state index in [4.69, 9.17) is 18.5 Å². The fraction of sp³-hybridized carbons (Fsp3) is 0.822. The highest BCUT2D eigenvalue weighted by atomic mass is 31.2. The van der Waals surface area contributed by atoms with Gasteiger partial charge in [-0.15, -0.1) is 0 Å². The highest BCUT2D eigenvalue weighted by Crippen LogP contribution is 2.38. The van der Waals surface area contributed by atoms with Crippen molar-refractivity contribution in [2.45, 2.75) is 193 Å². The van der Waals surface area contributed by atoms with Gasteiger partial charge >= 0.3 is 11.9 Å². The Balaban J connectivity index is 4.36. The predicted molar refractivity (Wildman–Crippen MR) is 227 cm³/mol. The van der Waals surface area contributed by atoms with Crippen LogP contribution >= 0.6 is 7.82 Å². The molecule has 322 valence electrons. The fourth-order valence-corrected chi connectivity index (χ4v) is 6.69. The van der Waals surface area contributed by atoms with E-state index in [9.17, 15) is 19.0 Å². The number of unbranched alkanes of at least 4 members (excludes halogenated alkanes) is 20. The van der Waals surface area contributed by atoms with Gasteiger partial charge in [0.25, 0.3) is 7.82 Å². The highest BCUT2D eigenvalue weighted by molar-refractivity contribution is 7.45. The molecule has 0 saturated carbocycles. The zero-order chi connectivity index (χ0) is 40.7. The molecule has 55 heavy (non-hydrogen) atoms. The molecule has 9 nitrogen and oxygen atoms in total. The first kappa shape index (κ1) is 53.2. The second-order valence-corrected chi connectivity index (χ2v) is 17.4. The molecule has 0 aliphatic rings. The van der Waals surface area contributed by atoms with Crippen molar-refractivity contribution in [1.29, 1.82) is 0 Å². The molecule has 2 unspecified atom stereocenters. The lowest BCUT2D eigenvalue weighted by molar-refractivity contribution is -0.870. The van der Waals surface area contributed by atoms with Crippen LogP contribution in [0.3, 0.4) is 0 Å². The normalized spacial score (nSPS) is 13.9. The summed E-state index contributed by atoms with van der Waals surface area (Å²) in [5.74, 6) is -0.850. The maximum absolute atomic E-state index is 12.7. The number of ether oxygens (including phenoxy) is 2. The van der Waals surface area contributed by atoms with Gasteiger partial charge in [-0.25, -0.2) is 0 Å². The van der Waals surface area contributed by atoms with Gasteiger partial charge < -0.3 is 27.9 Å². The third kappa shape index (κ3) is 41.7. The van der Waals surface area contributed by atoms with E-state index in [-0.39, 0.29) is 32.0 Å². The van der Waals surface area contributed by atoms with Crippen molar-refractivity contribution < 1.29 is 42.1 Å². The standard InChI is InChI=1S/C45H84NO8P/c1-6-8-10-12-14-16-18-20-22-24-25-27-29-31-33-35-37-44(47)51-41-43(42-53-55(49,50)52-40-39-46(3,4)5)54-45(48)38-36-34-32-30-28-26-23-21-19-17-15-13-11-9-7-2/h9,11,15,17,21,23,43H,6-8,10,12-14,16,18-20,22,24-42H2,1-5H3/b11-9-,17-15-,23-21-. The van der Waals surface area contributed by atoms with E-state index in [1.54, 1.807) is 0 Å². The van der Waals surface area contributed by atoms with Crippen molar-refractivity contribution in [2.75, 3.05) is 47.5 Å². The Kier molecular flexibility index (Phi) is 36.6. The monoisotopic (exact) mass is 798 g/mol. The number of likely N-dealkylation sites (N-methyl/N-ethyl adjacent to an activating group) is 1. The van der Waals surface area contributed by atoms with Crippen molar-refractivity contribution in [3.05, 3.63) is 36.5 Å². The summed E-state index contributed by atoms with van der Waals surface area (Å²) in [4.78, 5) is 37.5. The number of allylic oxidation sites excluding steroid dienone is 6. The van der Waals surface area contributed by atoms with Crippen molar-refractivity contribution in [2.24, 2.45) is 0 Å². The SMILES string of the molecule is CC/C=C\C/C=C\C/C=C\CCCCCCCC(=O)OC(COC(=O)CCCCCCCCCCCCCCCCCC)COP(=O)([O-])OCC[N+](C)(C)C. The molecular weight excluding hydrogens is 713 g/mol. The van der Waals surface area contributed by atoms with Crippen LogP contribution in [0, 0.1) is 0 Å². The smallest absolute Gasteiger partial charge is 0.306 e. The molecule has 0 amide bonds. The van der Waals surface area contributed by atoms with Gasteiger partial charge in [-0.1, -0.05) is 166 Å². The fourth-order valence-electron chi connectivity index (χ4n) is 5.96. The lowest BCUT2D eigenvalue weighted by atomic mass is 10.0. The summed E-state index contributed by atoms with van der Waals surface area (Å²) in [6.07, 6.45) is 41.7. The Hall–Kier alpha value is -1.77. The summed E-state index contributed by atoms with van der Waals surface area (Å²) >= 11 is 0. The van der Waals surface area contributed by atoms with E-state index in [0.717, 1.165) is 70.6 Å². The van der Waals surface area contributed by atoms with Crippen LogP contribution in [-0.2, 0) is 32.7 Å². The van der Waals surface area contributed by atoms with Gasteiger partial charge in [-0.3, -0.25) is 14.2 Å². The number of quaternary nitrogens is 1. The summed E-state index contributed by atoms with van der Waals surface area (Å²) in [6.45, 7) is 4.10. The van der Waals surface area contributed by atoms with Crippen molar-refractivity contribution in [3.63, 3.8) is 0 Å². The first-order chi connectivity index (χ1) is 26.5. The maximum Gasteiger partial charge on any atom is 0.306 e. The molecule has 0 fully saturated rings. The second kappa shape index (κ2) is 37.8. The number of rotatable bonds is 40. The minimum atomic E-state index is -4.63. The predicted octanol–water partition coefficient (Wildman–Crippen LogP) is 11.9. The Labute approximate surface area is 338 Å². The number of carbonyl (C=O) groups excluding carboxylic acids is 2. The summed E-state index contributed by atoms with van der Waals surface area (Å²) < 4.78 is 33.9. The molecule has 10 heteroatoms. The minimum Gasteiger partial charge on any atom is -0.756 e. The Morgan fingerprint density at radius 1 is 0.582 bits per heavy atom. The lowest BCUT2D eigenvalue weighted by Crippen LogP contribution is -2.37. The molecule has 0 aliphatic carbocycles. The van der Waals surface area contributed by atoms with Crippen LogP contribution in [0.4, 0.5) is 0 Å². The number of phosphoric ester groups is 1. The second-order valence-electron chi connectivity index (χ2n) is 16.0. The number of phosphoric acid groups is 1. The van der Waals surface area contributed by atoms with E-state index in [0.29, 0.717) is 17.4 Å². The van der Waals surface area contributed by atoms with Gasteiger partial charge in [-0.05, 0) is 44.9 Å². The highest BCUT2D eigenvalue weighted by Gasteiger charge is 2.21. The molecule has 0 bridgehead atoms. The largest absolute Gasteiger partial charge is 0.756 e. The quantitative estimate of drug-likeness (QED) is 0.0198. The average molecular weight is 798 g/mol. The summed E-state index contributed by atoms with van der Waals surface area (Å²) in [5, 5.41) is 0. The van der Waals surface area contributed by atoms with Crippen LogP contribution < -0.4 is 4.89 Å². The molecule has 0 aromatic carbocycles. The molecular formula is C45H84NO8P. The van der Waals surface area contributed by atoms with E-state index in [1.807, 2.05) is 21.1 Å². The van der Waals surface area contributed by atoms with Crippen LogP contribution in [0.2, 0.25) is 0 Å². The number of esters is 2. The van der Waals surface area contributed by atoms with Gasteiger partial charge in [0.05, 0.1) is 27.7 Å². The molecule has 0 heterocycles. The van der Waals surface area contributed by atoms with Crippen molar-refractivity contribution >= 4 is 19.8 Å². The Bertz CT molecular complexity index is 1040. The molecule has 0 aromatic heterocycles. The van der Waals surface area contributed by atoms with Crippen molar-refractivity contribution in [1.82, 2.24) is 0 Å². The summed E-state index contributed by atoms with van der Waals surface area (Å²) in [5.41, 5.74) is 0. The minimum absolute atomic E-state index is 0.0339. The molecule has 0 spiro atoms. The van der Waals surface area contributed by atoms with Crippen LogP contribution in [0.1, 0.15) is 187 Å². The van der Waals surface area contributed by atoms with Crippen LogP contribution in [0.25, 0.3) is 0 Å². The summed E-state index contributed by atoms with van der Waals surface area (Å²) in [7, 11) is 1.15. The lowest BCUT2D eigenvalue weighted by Gasteiger charge is -2.28. The van der Waals surface area contributed by atoms with E-state index >= 15 is 0 Å². The van der Waals surface area contributed by atoms with Gasteiger partial charge in [0.1, 0.15) is 19.8 Å². The number of nitrogens with zero attached hydrogens (tertiary/aromatic N) is 1. The number of hydrogen-bond acceptors (Lipinski definition) is 8. The van der Waals surface area contributed by atoms with Crippen LogP contribution in [0.5, 0.6) is 0 Å². The molecule has 2 atom stereocenters. The maximum atomic E-state index is 12.7. The third-order valence-corrected chi connectivity index (χ3v) is 10.4. The third-order valence-electron chi connectivity index (χ3n) is 9.42. The van der Waals surface area contributed by atoms with Gasteiger partial charge in [-0.2, -0.15) is 0 Å². The molecule has 0 N–H and O–H groups in total. The van der Waals surface area contributed by atoms with Gasteiger partial charge in [0.15, 0.2) is 6.10 Å². The molecule has 0 saturated heterocycles. The molecule has 0 radical (unpaired) electrons. The first-order valence-electron chi connectivity index (χ1n) is 22.2. The topological polar surface area (TPSA) is 111 Å². The molecule has 0 rings (SSSR count). The molecule has 0 aromatic rings. The van der Waals surface area contributed by atoms with E-state index in [1.165, 1.54) is 83.5 Å². The molecule has 0 aliphatic heterocycles. The van der Waals surface area contributed by atoms with Crippen LogP contribution in [-0.4, -0.2) is 70.0 Å². The van der Waals surface area contributed by atoms with Crippen LogP contribution in [0.15, 0.2) is 36.5 Å². The van der Waals surface area contributed by atoms with E-state index in [2.05, 4.69) is 50.3 Å². The van der Waals surface area contributed by atoms with Gasteiger partial charge in [0.2, 0.25) is 0 Å². The average Bonchev–Trinajstić information content (AvgIpc) is 3.13. The Morgan fingerprint density at radius 2 is 1.04 bits per heavy atom. The van der Waals surface area contributed by atoms with Gasteiger partial charge in [0, 0.05) is 12.8 Å². The van der Waals surface area contributed by atoms with Crippen molar-refractivity contribution in [3.8, 4) is 0 Å². The summed E-state index contributed by atoms with van der Waals surface area (Å²) in [6, 6.07) is 0. The van der Waals surface area contributed by atoms with E-state index < -0.39 is 26.5 Å². The number of carbonyl (C=O) groups is 2.